The van der Waals surface area contributed by atoms with Crippen molar-refractivity contribution in [2.24, 2.45) is 5.92 Å². The summed E-state index contributed by atoms with van der Waals surface area (Å²) in [6, 6.07) is 15.8. The molecule has 0 radical (unpaired) electrons. The van der Waals surface area contributed by atoms with Crippen molar-refractivity contribution in [3.63, 3.8) is 0 Å². The number of carboxylic acid groups (broad SMARTS) is 1. The van der Waals surface area contributed by atoms with Gasteiger partial charge in [-0.1, -0.05) is 60.7 Å². The lowest BCUT2D eigenvalue weighted by molar-refractivity contribution is -0.254. The standard InChI is InChI=1S/C19H17NO2/c21-19(22)16-11-5-10-15-13-8-4-9-14(13)17(20-18(15)16)12-6-2-1-3-7-12/h1-8,10-11,13-14,17,20H,9H2,(H,21,22)/p-1/t13-,14-,17-/m1/s1. The maximum Gasteiger partial charge on any atom is 0.0736 e. The van der Waals surface area contributed by atoms with E-state index in [-0.39, 0.29) is 17.5 Å². The molecule has 1 N–H and O–H groups in total. The number of hydrogen-bond acceptors (Lipinski definition) is 3. The lowest BCUT2D eigenvalue weighted by Gasteiger charge is -2.38. The van der Waals surface area contributed by atoms with Crippen LogP contribution in [-0.4, -0.2) is 5.97 Å². The summed E-state index contributed by atoms with van der Waals surface area (Å²) in [6.07, 6.45) is 5.42. The molecule has 3 nitrogen and oxygen atoms in total. The fourth-order valence-electron chi connectivity index (χ4n) is 3.78. The average Bonchev–Trinajstić information content (AvgIpc) is 3.04. The summed E-state index contributed by atoms with van der Waals surface area (Å²) in [5.41, 5.74) is 3.22. The summed E-state index contributed by atoms with van der Waals surface area (Å²) < 4.78 is 0. The van der Waals surface area contributed by atoms with Crippen molar-refractivity contribution < 1.29 is 9.90 Å². The van der Waals surface area contributed by atoms with Crippen molar-refractivity contribution in [2.45, 2.75) is 18.4 Å². The van der Waals surface area contributed by atoms with Crippen LogP contribution in [0.1, 0.15) is 39.9 Å². The number of para-hydroxylation sites is 1. The predicted octanol–water partition coefficient (Wildman–Crippen LogP) is 2.88. The van der Waals surface area contributed by atoms with Gasteiger partial charge in [0.1, 0.15) is 0 Å². The molecule has 2 aromatic carbocycles. The molecule has 0 spiro atoms. The largest absolute Gasteiger partial charge is 0.545 e. The smallest absolute Gasteiger partial charge is 0.0736 e. The number of rotatable bonds is 2. The molecule has 0 amide bonds. The quantitative estimate of drug-likeness (QED) is 0.865. The van der Waals surface area contributed by atoms with Gasteiger partial charge in [0.25, 0.3) is 0 Å². The van der Waals surface area contributed by atoms with Gasteiger partial charge in [-0.25, -0.2) is 0 Å². The zero-order valence-corrected chi connectivity index (χ0v) is 12.0. The van der Waals surface area contributed by atoms with Gasteiger partial charge in [-0.05, 0) is 23.5 Å². The minimum absolute atomic E-state index is 0.120. The van der Waals surface area contributed by atoms with Crippen LogP contribution in [-0.2, 0) is 0 Å². The van der Waals surface area contributed by atoms with Crippen LogP contribution in [0, 0.1) is 5.92 Å². The molecule has 22 heavy (non-hydrogen) atoms. The van der Waals surface area contributed by atoms with E-state index in [0.717, 1.165) is 12.0 Å². The number of benzene rings is 2. The van der Waals surface area contributed by atoms with Crippen LogP contribution in [0.15, 0.2) is 60.7 Å². The van der Waals surface area contributed by atoms with E-state index in [9.17, 15) is 9.90 Å². The zero-order valence-electron chi connectivity index (χ0n) is 12.0. The highest BCUT2D eigenvalue weighted by atomic mass is 16.4. The number of anilines is 1. The van der Waals surface area contributed by atoms with E-state index in [1.54, 1.807) is 12.1 Å². The third-order valence-electron chi connectivity index (χ3n) is 4.78. The van der Waals surface area contributed by atoms with Gasteiger partial charge in [0, 0.05) is 17.2 Å². The van der Waals surface area contributed by atoms with Crippen molar-refractivity contribution in [3.05, 3.63) is 77.4 Å². The van der Waals surface area contributed by atoms with Gasteiger partial charge in [-0.15, -0.1) is 0 Å². The van der Waals surface area contributed by atoms with E-state index in [1.807, 2.05) is 24.3 Å². The lowest BCUT2D eigenvalue weighted by atomic mass is 9.76. The summed E-state index contributed by atoms with van der Waals surface area (Å²) in [5.74, 6) is -0.441. The molecule has 1 aliphatic heterocycles. The second-order valence-corrected chi connectivity index (χ2v) is 5.94. The fraction of sp³-hybridized carbons (Fsp3) is 0.211. The van der Waals surface area contributed by atoms with Crippen LogP contribution in [0.3, 0.4) is 0 Å². The maximum atomic E-state index is 11.4. The highest BCUT2D eigenvalue weighted by molar-refractivity contribution is 5.94. The zero-order chi connectivity index (χ0) is 15.1. The molecule has 2 aliphatic rings. The Kier molecular flexibility index (Phi) is 3.00. The minimum Gasteiger partial charge on any atom is -0.545 e. The summed E-state index contributed by atoms with van der Waals surface area (Å²) >= 11 is 0. The third kappa shape index (κ3) is 1.93. The van der Waals surface area contributed by atoms with Crippen LogP contribution < -0.4 is 10.4 Å². The number of aromatic carboxylic acids is 1. The molecule has 3 heteroatoms. The second kappa shape index (κ2) is 5.02. The lowest BCUT2D eigenvalue weighted by Crippen LogP contribution is -2.32. The van der Waals surface area contributed by atoms with Gasteiger partial charge < -0.3 is 15.2 Å². The molecule has 110 valence electrons. The average molecular weight is 290 g/mol. The molecule has 0 bridgehead atoms. The Labute approximate surface area is 129 Å². The molecule has 1 heterocycles. The number of fused-ring (bicyclic) bond motifs is 3. The molecule has 0 aromatic heterocycles. The molecule has 4 rings (SSSR count). The Hall–Kier alpha value is -2.55. The molecule has 0 saturated carbocycles. The van der Waals surface area contributed by atoms with Crippen LogP contribution in [0.4, 0.5) is 5.69 Å². The van der Waals surface area contributed by atoms with Crippen molar-refractivity contribution >= 4 is 11.7 Å². The number of hydrogen-bond donors (Lipinski definition) is 1. The van der Waals surface area contributed by atoms with E-state index in [4.69, 9.17) is 0 Å². The molecule has 0 unspecified atom stereocenters. The monoisotopic (exact) mass is 290 g/mol. The van der Waals surface area contributed by atoms with E-state index < -0.39 is 5.97 Å². The van der Waals surface area contributed by atoms with Crippen molar-refractivity contribution in [1.29, 1.82) is 0 Å². The predicted molar refractivity (Wildman–Crippen MR) is 83.6 cm³/mol. The highest BCUT2D eigenvalue weighted by Crippen LogP contribution is 2.50. The van der Waals surface area contributed by atoms with E-state index in [0.29, 0.717) is 11.6 Å². The Morgan fingerprint density at radius 3 is 2.68 bits per heavy atom. The first-order valence-electron chi connectivity index (χ1n) is 7.58. The SMILES string of the molecule is O=C([O-])c1cccc2c1N[C@H](c1ccccc1)[C@@H]1CC=C[C@@H]21. The van der Waals surface area contributed by atoms with Gasteiger partial charge >= 0.3 is 0 Å². The molecular weight excluding hydrogens is 274 g/mol. The van der Waals surface area contributed by atoms with Crippen LogP contribution >= 0.6 is 0 Å². The second-order valence-electron chi connectivity index (χ2n) is 5.94. The molecule has 1 aliphatic carbocycles. The maximum absolute atomic E-state index is 11.4. The van der Waals surface area contributed by atoms with Crippen molar-refractivity contribution in [1.82, 2.24) is 0 Å². The summed E-state index contributed by atoms with van der Waals surface area (Å²) in [6.45, 7) is 0. The highest BCUT2D eigenvalue weighted by Gasteiger charge is 2.38. The van der Waals surface area contributed by atoms with Gasteiger partial charge in [-0.2, -0.15) is 0 Å². The number of carbonyl (C=O) groups is 1. The number of carbonyl (C=O) groups excluding carboxylic acids is 1. The fourth-order valence-corrected chi connectivity index (χ4v) is 3.78. The van der Waals surface area contributed by atoms with E-state index in [1.165, 1.54) is 5.56 Å². The molecule has 2 aromatic rings. The Morgan fingerprint density at radius 2 is 1.91 bits per heavy atom. The minimum atomic E-state index is -1.13. The van der Waals surface area contributed by atoms with E-state index >= 15 is 0 Å². The number of carboxylic acids is 1. The number of nitrogens with one attached hydrogen (secondary N) is 1. The first-order valence-corrected chi connectivity index (χ1v) is 7.58. The van der Waals surface area contributed by atoms with Gasteiger partial charge in [-0.3, -0.25) is 0 Å². The summed E-state index contributed by atoms with van der Waals surface area (Å²) in [4.78, 5) is 11.4. The van der Waals surface area contributed by atoms with Gasteiger partial charge in [0.15, 0.2) is 0 Å². The normalized spacial score (nSPS) is 25.2. The molecular formula is C19H16NO2-. The van der Waals surface area contributed by atoms with Gasteiger partial charge in [0.05, 0.1) is 12.0 Å². The molecule has 0 saturated heterocycles. The first-order chi connectivity index (χ1) is 10.8. The Balaban J connectivity index is 1.85. The van der Waals surface area contributed by atoms with Gasteiger partial charge in [0.2, 0.25) is 0 Å². The Bertz CT molecular complexity index is 751. The molecule has 3 atom stereocenters. The topological polar surface area (TPSA) is 52.2 Å². The molecule has 0 fully saturated rings. The van der Waals surface area contributed by atoms with Crippen molar-refractivity contribution in [3.8, 4) is 0 Å². The van der Waals surface area contributed by atoms with E-state index in [2.05, 4.69) is 29.6 Å². The Morgan fingerprint density at radius 1 is 1.09 bits per heavy atom. The summed E-state index contributed by atoms with van der Waals surface area (Å²) in [5, 5.41) is 14.9. The summed E-state index contributed by atoms with van der Waals surface area (Å²) in [7, 11) is 0. The van der Waals surface area contributed by atoms with Crippen LogP contribution in [0.5, 0.6) is 0 Å². The third-order valence-corrected chi connectivity index (χ3v) is 4.78. The first kappa shape index (κ1) is 13.1. The van der Waals surface area contributed by atoms with Crippen LogP contribution in [0.2, 0.25) is 0 Å². The van der Waals surface area contributed by atoms with Crippen molar-refractivity contribution in [2.75, 3.05) is 5.32 Å². The van der Waals surface area contributed by atoms with Crippen LogP contribution in [0.25, 0.3) is 0 Å². The number of allylic oxidation sites excluding steroid dienone is 2.